The van der Waals surface area contributed by atoms with E-state index >= 15 is 0 Å². The van der Waals surface area contributed by atoms with E-state index in [1.54, 1.807) is 6.92 Å². The van der Waals surface area contributed by atoms with Gasteiger partial charge in [-0.1, -0.05) is 42.5 Å². The zero-order chi connectivity index (χ0) is 19.9. The van der Waals surface area contributed by atoms with Gasteiger partial charge in [-0.2, -0.15) is 0 Å². The Bertz CT molecular complexity index is 886. The molecule has 2 aromatic carbocycles. The predicted octanol–water partition coefficient (Wildman–Crippen LogP) is 3.32. The lowest BCUT2D eigenvalue weighted by Crippen LogP contribution is -2.41. The maximum atomic E-state index is 11.9. The minimum Gasteiger partial charge on any atom is -0.388 e. The highest BCUT2D eigenvalue weighted by atomic mass is 16.2. The Balaban J connectivity index is 1.80. The Hall–Kier alpha value is -3.08. The monoisotopic (exact) mass is 376 g/mol. The molecular formula is C23H28N4O. The standard InChI is InChI=1S/C23H28N4O/c1-17-7-6-10-20(15-17)26-23(24)21-16-27(18(2)28)14-12-22(21)25-13-11-19-8-4-3-5-9-19/h3-10,15,25H,11-14,16H2,1-2H3,(H2,24,26). The number of rotatable bonds is 6. The lowest BCUT2D eigenvalue weighted by atomic mass is 10.0. The van der Waals surface area contributed by atoms with Crippen LogP contribution in [0.3, 0.4) is 0 Å². The molecule has 1 heterocycles. The SMILES string of the molecule is CC(=O)N1CCC(NCCc2ccccc2)=C(C(N)=Nc2cccc(C)c2)C1. The van der Waals surface area contributed by atoms with Crippen molar-refractivity contribution in [1.29, 1.82) is 0 Å². The van der Waals surface area contributed by atoms with E-state index in [-0.39, 0.29) is 5.91 Å². The number of benzene rings is 2. The van der Waals surface area contributed by atoms with Gasteiger partial charge in [0.1, 0.15) is 5.84 Å². The molecule has 0 aliphatic carbocycles. The maximum absolute atomic E-state index is 11.9. The van der Waals surface area contributed by atoms with E-state index in [2.05, 4.69) is 34.6 Å². The second-order valence-electron chi connectivity index (χ2n) is 7.15. The minimum atomic E-state index is 0.0594. The van der Waals surface area contributed by atoms with Crippen LogP contribution >= 0.6 is 0 Å². The number of nitrogens with two attached hydrogens (primary N) is 1. The molecule has 0 fully saturated rings. The second-order valence-corrected chi connectivity index (χ2v) is 7.15. The topological polar surface area (TPSA) is 70.7 Å². The molecule has 0 atom stereocenters. The zero-order valence-electron chi connectivity index (χ0n) is 16.6. The van der Waals surface area contributed by atoms with Gasteiger partial charge in [0.15, 0.2) is 0 Å². The quantitative estimate of drug-likeness (QED) is 0.600. The largest absolute Gasteiger partial charge is 0.388 e. The van der Waals surface area contributed by atoms with Crippen molar-refractivity contribution in [3.05, 3.63) is 77.0 Å². The van der Waals surface area contributed by atoms with Gasteiger partial charge in [0.05, 0.1) is 12.2 Å². The van der Waals surface area contributed by atoms with Crippen LogP contribution in [0.25, 0.3) is 0 Å². The summed E-state index contributed by atoms with van der Waals surface area (Å²) in [7, 11) is 0. The Labute approximate surface area is 167 Å². The molecule has 1 aliphatic heterocycles. The number of nitrogens with zero attached hydrogens (tertiary/aromatic N) is 2. The summed E-state index contributed by atoms with van der Waals surface area (Å²) in [6, 6.07) is 18.3. The molecule has 0 unspecified atom stereocenters. The third kappa shape index (κ3) is 5.22. The van der Waals surface area contributed by atoms with E-state index in [1.807, 2.05) is 42.2 Å². The molecule has 0 radical (unpaired) electrons. The fraction of sp³-hybridized carbons (Fsp3) is 0.304. The third-order valence-corrected chi connectivity index (χ3v) is 4.95. The van der Waals surface area contributed by atoms with Crippen molar-refractivity contribution in [1.82, 2.24) is 10.2 Å². The average molecular weight is 377 g/mol. The summed E-state index contributed by atoms with van der Waals surface area (Å²) in [6.07, 6.45) is 1.69. The first-order chi connectivity index (χ1) is 13.5. The molecule has 1 amide bonds. The molecular weight excluding hydrogens is 348 g/mol. The summed E-state index contributed by atoms with van der Waals surface area (Å²) in [6.45, 7) is 5.64. The molecule has 1 aliphatic rings. The number of amidine groups is 1. The first-order valence-corrected chi connectivity index (χ1v) is 9.69. The fourth-order valence-corrected chi connectivity index (χ4v) is 3.37. The number of hydrogen-bond acceptors (Lipinski definition) is 3. The number of nitrogens with one attached hydrogen (secondary N) is 1. The van der Waals surface area contributed by atoms with E-state index in [9.17, 15) is 4.79 Å². The summed E-state index contributed by atoms with van der Waals surface area (Å²) in [5.74, 6) is 0.531. The molecule has 5 heteroatoms. The van der Waals surface area contributed by atoms with Gasteiger partial charge in [-0.3, -0.25) is 4.79 Å². The smallest absolute Gasteiger partial charge is 0.219 e. The molecule has 28 heavy (non-hydrogen) atoms. The Kier molecular flexibility index (Phi) is 6.48. The van der Waals surface area contributed by atoms with Crippen molar-refractivity contribution >= 4 is 17.4 Å². The molecule has 5 nitrogen and oxygen atoms in total. The summed E-state index contributed by atoms with van der Waals surface area (Å²) < 4.78 is 0. The van der Waals surface area contributed by atoms with Crippen LogP contribution in [-0.4, -0.2) is 36.3 Å². The minimum absolute atomic E-state index is 0.0594. The van der Waals surface area contributed by atoms with Crippen LogP contribution in [0, 0.1) is 6.92 Å². The normalized spacial score (nSPS) is 14.9. The molecule has 3 rings (SSSR count). The zero-order valence-corrected chi connectivity index (χ0v) is 16.6. The third-order valence-electron chi connectivity index (χ3n) is 4.95. The summed E-state index contributed by atoms with van der Waals surface area (Å²) in [5.41, 5.74) is 11.6. The van der Waals surface area contributed by atoms with Crippen molar-refractivity contribution in [2.75, 3.05) is 19.6 Å². The van der Waals surface area contributed by atoms with Crippen LogP contribution in [0.4, 0.5) is 5.69 Å². The van der Waals surface area contributed by atoms with Crippen LogP contribution in [0.5, 0.6) is 0 Å². The molecule has 0 saturated carbocycles. The van der Waals surface area contributed by atoms with Crippen LogP contribution in [0.1, 0.15) is 24.5 Å². The average Bonchev–Trinajstić information content (AvgIpc) is 2.69. The molecule has 0 aromatic heterocycles. The predicted molar refractivity (Wildman–Crippen MR) is 115 cm³/mol. The van der Waals surface area contributed by atoms with Gasteiger partial charge in [-0.25, -0.2) is 4.99 Å². The van der Waals surface area contributed by atoms with E-state index in [0.717, 1.165) is 41.9 Å². The second kappa shape index (κ2) is 9.22. The van der Waals surface area contributed by atoms with Gasteiger partial charge >= 0.3 is 0 Å². The van der Waals surface area contributed by atoms with Crippen LogP contribution in [0.15, 0.2) is 70.9 Å². The number of carbonyl (C=O) groups is 1. The Morgan fingerprint density at radius 1 is 1.18 bits per heavy atom. The number of aliphatic imine (C=N–C) groups is 1. The van der Waals surface area contributed by atoms with Crippen molar-refractivity contribution in [2.45, 2.75) is 26.7 Å². The summed E-state index contributed by atoms with van der Waals surface area (Å²) in [4.78, 5) is 18.3. The van der Waals surface area contributed by atoms with Crippen molar-refractivity contribution in [3.63, 3.8) is 0 Å². The Morgan fingerprint density at radius 3 is 2.68 bits per heavy atom. The first kappa shape index (κ1) is 19.7. The van der Waals surface area contributed by atoms with Gasteiger partial charge in [-0.05, 0) is 36.6 Å². The molecule has 2 aromatic rings. The van der Waals surface area contributed by atoms with Crippen molar-refractivity contribution in [3.8, 4) is 0 Å². The van der Waals surface area contributed by atoms with Gasteiger partial charge < -0.3 is 16.0 Å². The number of amides is 1. The maximum Gasteiger partial charge on any atom is 0.219 e. The van der Waals surface area contributed by atoms with Gasteiger partial charge in [0.25, 0.3) is 0 Å². The number of carbonyl (C=O) groups excluding carboxylic acids is 1. The van der Waals surface area contributed by atoms with Crippen LogP contribution in [-0.2, 0) is 11.2 Å². The summed E-state index contributed by atoms with van der Waals surface area (Å²) >= 11 is 0. The van der Waals surface area contributed by atoms with E-state index in [0.29, 0.717) is 18.9 Å². The highest BCUT2D eigenvalue weighted by Crippen LogP contribution is 2.20. The first-order valence-electron chi connectivity index (χ1n) is 9.69. The van der Waals surface area contributed by atoms with Crippen LogP contribution in [0.2, 0.25) is 0 Å². The van der Waals surface area contributed by atoms with Gasteiger partial charge in [-0.15, -0.1) is 0 Å². The van der Waals surface area contributed by atoms with E-state index in [4.69, 9.17) is 5.73 Å². The number of hydrogen-bond donors (Lipinski definition) is 2. The van der Waals surface area contributed by atoms with Gasteiger partial charge in [0.2, 0.25) is 5.91 Å². The molecule has 146 valence electrons. The van der Waals surface area contributed by atoms with Gasteiger partial charge in [0, 0.05) is 37.7 Å². The van der Waals surface area contributed by atoms with Crippen LogP contribution < -0.4 is 11.1 Å². The lowest BCUT2D eigenvalue weighted by molar-refractivity contribution is -0.128. The summed E-state index contributed by atoms with van der Waals surface area (Å²) in [5, 5.41) is 3.54. The highest BCUT2D eigenvalue weighted by Gasteiger charge is 2.23. The Morgan fingerprint density at radius 2 is 1.96 bits per heavy atom. The van der Waals surface area contributed by atoms with E-state index in [1.165, 1.54) is 5.56 Å². The van der Waals surface area contributed by atoms with Crippen molar-refractivity contribution < 1.29 is 4.79 Å². The fourth-order valence-electron chi connectivity index (χ4n) is 3.37. The molecule has 3 N–H and O–H groups in total. The lowest BCUT2D eigenvalue weighted by Gasteiger charge is -2.30. The van der Waals surface area contributed by atoms with E-state index < -0.39 is 0 Å². The molecule has 0 saturated heterocycles. The number of aryl methyl sites for hydroxylation is 1. The van der Waals surface area contributed by atoms with Crippen molar-refractivity contribution in [2.24, 2.45) is 10.7 Å². The highest BCUT2D eigenvalue weighted by molar-refractivity contribution is 6.00. The molecule has 0 spiro atoms. The molecule has 0 bridgehead atoms.